The van der Waals surface area contributed by atoms with Gasteiger partial charge in [0.2, 0.25) is 0 Å². The molecule has 122 valence electrons. The van der Waals surface area contributed by atoms with E-state index in [1.54, 1.807) is 4.90 Å². The van der Waals surface area contributed by atoms with Crippen LogP contribution in [-0.4, -0.2) is 58.1 Å². The molecule has 1 saturated heterocycles. The highest BCUT2D eigenvalue weighted by atomic mass is 16.2. The number of likely N-dealkylation sites (tertiary alicyclic amines) is 1. The Morgan fingerprint density at radius 2 is 1.86 bits per heavy atom. The van der Waals surface area contributed by atoms with Gasteiger partial charge in [0, 0.05) is 39.3 Å². The molecule has 1 amide bonds. The van der Waals surface area contributed by atoms with E-state index in [1.165, 1.54) is 24.7 Å². The van der Waals surface area contributed by atoms with Gasteiger partial charge in [0.15, 0.2) is 0 Å². The first-order valence-corrected chi connectivity index (χ1v) is 7.55. The molecule has 1 atom stereocenters. The maximum atomic E-state index is 12.8. The summed E-state index contributed by atoms with van der Waals surface area (Å²) in [6.45, 7) is 1.28. The Morgan fingerprint density at radius 1 is 1.18 bits per heavy atom. The fraction of sp³-hybridized carbons (Fsp3) is 0.667. The number of carbonyl (C=O) groups is 1. The zero-order valence-corrected chi connectivity index (χ0v) is 13.7. The zero-order chi connectivity index (χ0) is 16.4. The smallest absolute Gasteiger partial charge is 0.331 e. The third-order valence-electron chi connectivity index (χ3n) is 4.41. The fourth-order valence-corrected chi connectivity index (χ4v) is 2.83. The fourth-order valence-electron chi connectivity index (χ4n) is 2.83. The van der Waals surface area contributed by atoms with Crippen LogP contribution in [0.2, 0.25) is 0 Å². The molecular formula is C15H24N4O3. The first-order chi connectivity index (χ1) is 10.3. The van der Waals surface area contributed by atoms with E-state index >= 15 is 0 Å². The van der Waals surface area contributed by atoms with Gasteiger partial charge in [0.1, 0.15) is 5.69 Å². The van der Waals surface area contributed by atoms with Crippen LogP contribution in [0.15, 0.2) is 15.7 Å². The van der Waals surface area contributed by atoms with Crippen molar-refractivity contribution in [3.05, 3.63) is 32.6 Å². The second kappa shape index (κ2) is 6.48. The van der Waals surface area contributed by atoms with Gasteiger partial charge < -0.3 is 9.80 Å². The number of nitrogens with zero attached hydrogens (tertiary/aromatic N) is 4. The minimum Gasteiger partial charge on any atom is -0.336 e. The number of aromatic nitrogens is 2. The van der Waals surface area contributed by atoms with Gasteiger partial charge in [-0.05, 0) is 26.9 Å². The van der Waals surface area contributed by atoms with Crippen molar-refractivity contribution in [2.75, 3.05) is 27.2 Å². The first kappa shape index (κ1) is 16.5. The largest absolute Gasteiger partial charge is 0.336 e. The summed E-state index contributed by atoms with van der Waals surface area (Å²) in [5.41, 5.74) is -0.771. The highest BCUT2D eigenvalue weighted by molar-refractivity contribution is 5.92. The average molecular weight is 308 g/mol. The van der Waals surface area contributed by atoms with Crippen molar-refractivity contribution in [1.82, 2.24) is 18.9 Å². The Hall–Kier alpha value is -1.89. The molecule has 0 spiro atoms. The van der Waals surface area contributed by atoms with Crippen LogP contribution in [-0.2, 0) is 14.1 Å². The molecule has 0 aliphatic carbocycles. The molecule has 0 N–H and O–H groups in total. The van der Waals surface area contributed by atoms with E-state index in [9.17, 15) is 14.4 Å². The summed E-state index contributed by atoms with van der Waals surface area (Å²) in [6, 6.07) is 1.55. The number of amides is 1. The SMILES string of the molecule is CN(C)[C@H]1CCCCN(C(=O)c2cc(=O)n(C)c(=O)n2C)C1. The van der Waals surface area contributed by atoms with Crippen LogP contribution in [0.5, 0.6) is 0 Å². The molecule has 1 aliphatic heterocycles. The van der Waals surface area contributed by atoms with Crippen LogP contribution < -0.4 is 11.2 Å². The molecule has 0 unspecified atom stereocenters. The Kier molecular flexibility index (Phi) is 4.85. The van der Waals surface area contributed by atoms with Crippen molar-refractivity contribution in [2.24, 2.45) is 14.1 Å². The molecule has 0 bridgehead atoms. The summed E-state index contributed by atoms with van der Waals surface area (Å²) in [4.78, 5) is 40.4. The Bertz CT molecular complexity index is 674. The van der Waals surface area contributed by atoms with E-state index in [4.69, 9.17) is 0 Å². The third kappa shape index (κ3) is 3.14. The lowest BCUT2D eigenvalue weighted by atomic mass is 10.1. The van der Waals surface area contributed by atoms with Gasteiger partial charge in [-0.2, -0.15) is 0 Å². The van der Waals surface area contributed by atoms with Crippen LogP contribution in [0.1, 0.15) is 29.8 Å². The van der Waals surface area contributed by atoms with Crippen molar-refractivity contribution in [3.63, 3.8) is 0 Å². The molecule has 22 heavy (non-hydrogen) atoms. The van der Waals surface area contributed by atoms with Crippen LogP contribution >= 0.6 is 0 Å². The van der Waals surface area contributed by atoms with Crippen molar-refractivity contribution < 1.29 is 4.79 Å². The van der Waals surface area contributed by atoms with E-state index in [0.717, 1.165) is 23.8 Å². The van der Waals surface area contributed by atoms with Crippen LogP contribution in [0.25, 0.3) is 0 Å². The monoisotopic (exact) mass is 308 g/mol. The van der Waals surface area contributed by atoms with Gasteiger partial charge in [-0.3, -0.25) is 18.7 Å². The van der Waals surface area contributed by atoms with Gasteiger partial charge in [-0.15, -0.1) is 0 Å². The number of rotatable bonds is 2. The first-order valence-electron chi connectivity index (χ1n) is 7.55. The lowest BCUT2D eigenvalue weighted by molar-refractivity contribution is 0.0713. The molecule has 7 heteroatoms. The zero-order valence-electron chi connectivity index (χ0n) is 13.7. The minimum atomic E-state index is -0.477. The standard InChI is InChI=1S/C15H24N4O3/c1-16(2)11-7-5-6-8-19(10-11)14(21)12-9-13(20)18(4)15(22)17(12)3/h9,11H,5-8,10H2,1-4H3/t11-/m0/s1. The summed E-state index contributed by atoms with van der Waals surface area (Å²) in [6.07, 6.45) is 3.06. The van der Waals surface area contributed by atoms with Gasteiger partial charge in [-0.1, -0.05) is 6.42 Å². The van der Waals surface area contributed by atoms with Crippen molar-refractivity contribution in [1.29, 1.82) is 0 Å². The molecule has 1 aliphatic rings. The molecule has 2 rings (SSSR count). The number of likely N-dealkylation sites (N-methyl/N-ethyl adjacent to an activating group) is 1. The highest BCUT2D eigenvalue weighted by Crippen LogP contribution is 2.15. The normalized spacial score (nSPS) is 19.3. The maximum Gasteiger partial charge on any atom is 0.331 e. The molecule has 1 fully saturated rings. The second-order valence-corrected chi connectivity index (χ2v) is 6.13. The topological polar surface area (TPSA) is 67.6 Å². The van der Waals surface area contributed by atoms with E-state index in [0.29, 0.717) is 19.1 Å². The van der Waals surface area contributed by atoms with Gasteiger partial charge >= 0.3 is 5.69 Å². The molecular weight excluding hydrogens is 284 g/mol. The van der Waals surface area contributed by atoms with Crippen LogP contribution in [0.3, 0.4) is 0 Å². The molecule has 0 radical (unpaired) electrons. The Morgan fingerprint density at radius 3 is 2.50 bits per heavy atom. The van der Waals surface area contributed by atoms with Gasteiger partial charge in [0.05, 0.1) is 0 Å². The summed E-state index contributed by atoms with van der Waals surface area (Å²) in [7, 11) is 6.95. The summed E-state index contributed by atoms with van der Waals surface area (Å²) < 4.78 is 2.25. The lowest BCUT2D eigenvalue weighted by Gasteiger charge is -2.29. The van der Waals surface area contributed by atoms with E-state index in [1.807, 2.05) is 14.1 Å². The molecule has 1 aromatic rings. The molecule has 7 nitrogen and oxygen atoms in total. The predicted molar refractivity (Wildman–Crippen MR) is 84.2 cm³/mol. The quantitative estimate of drug-likeness (QED) is 0.748. The van der Waals surface area contributed by atoms with Crippen molar-refractivity contribution in [3.8, 4) is 0 Å². The molecule has 2 heterocycles. The minimum absolute atomic E-state index is 0.160. The maximum absolute atomic E-state index is 12.8. The summed E-state index contributed by atoms with van der Waals surface area (Å²) in [5, 5.41) is 0. The number of carbonyl (C=O) groups excluding carboxylic acids is 1. The molecule has 0 saturated carbocycles. The van der Waals surface area contributed by atoms with Gasteiger partial charge in [-0.25, -0.2) is 4.79 Å². The molecule has 0 aromatic carbocycles. The highest BCUT2D eigenvalue weighted by Gasteiger charge is 2.26. The summed E-state index contributed by atoms with van der Waals surface area (Å²) >= 11 is 0. The second-order valence-electron chi connectivity index (χ2n) is 6.13. The van der Waals surface area contributed by atoms with E-state index in [2.05, 4.69) is 4.90 Å². The van der Waals surface area contributed by atoms with Crippen molar-refractivity contribution in [2.45, 2.75) is 25.3 Å². The Labute approximate surface area is 129 Å². The average Bonchev–Trinajstić information content (AvgIpc) is 2.74. The van der Waals surface area contributed by atoms with Crippen LogP contribution in [0.4, 0.5) is 0 Å². The Balaban J connectivity index is 2.35. The number of hydrogen-bond donors (Lipinski definition) is 0. The van der Waals surface area contributed by atoms with Gasteiger partial charge in [0.25, 0.3) is 11.5 Å². The predicted octanol–water partition coefficient (Wildman–Crippen LogP) is -0.360. The van der Waals surface area contributed by atoms with E-state index in [-0.39, 0.29) is 11.6 Å². The summed E-state index contributed by atoms with van der Waals surface area (Å²) in [5.74, 6) is -0.244. The van der Waals surface area contributed by atoms with E-state index < -0.39 is 11.2 Å². The third-order valence-corrected chi connectivity index (χ3v) is 4.41. The lowest BCUT2D eigenvalue weighted by Crippen LogP contribution is -2.45. The molecule has 1 aromatic heterocycles. The van der Waals surface area contributed by atoms with Crippen LogP contribution in [0, 0.1) is 0 Å². The van der Waals surface area contributed by atoms with Crippen molar-refractivity contribution >= 4 is 5.91 Å². The number of hydrogen-bond acceptors (Lipinski definition) is 4.